The molecule has 0 aliphatic heterocycles. The molecule has 106 valence electrons. The van der Waals surface area contributed by atoms with Crippen molar-refractivity contribution in [2.24, 2.45) is 5.41 Å². The second-order valence-corrected chi connectivity index (χ2v) is 6.86. The fraction of sp³-hybridized carbons (Fsp3) is 0.625. The van der Waals surface area contributed by atoms with E-state index in [0.29, 0.717) is 11.5 Å². The Morgan fingerprint density at radius 1 is 1.26 bits per heavy atom. The zero-order valence-electron chi connectivity index (χ0n) is 11.9. The molecule has 0 heterocycles. The smallest absolute Gasteiger partial charge is 0.119 e. The number of benzene rings is 1. The molecule has 19 heavy (non-hydrogen) atoms. The Balaban J connectivity index is 1.75. The third kappa shape index (κ3) is 4.50. The van der Waals surface area contributed by atoms with Gasteiger partial charge in [-0.1, -0.05) is 36.2 Å². The summed E-state index contributed by atoms with van der Waals surface area (Å²) in [5.74, 6) is 0.967. The van der Waals surface area contributed by atoms with Gasteiger partial charge in [-0.15, -0.1) is 0 Å². The van der Waals surface area contributed by atoms with Gasteiger partial charge in [0.05, 0.1) is 6.61 Å². The van der Waals surface area contributed by atoms with Crippen LogP contribution in [0, 0.1) is 5.41 Å². The van der Waals surface area contributed by atoms with Crippen LogP contribution >= 0.6 is 15.9 Å². The third-order valence-corrected chi connectivity index (χ3v) is 4.54. The van der Waals surface area contributed by atoms with Gasteiger partial charge in [0.15, 0.2) is 0 Å². The Bertz CT molecular complexity index is 384. The highest BCUT2D eigenvalue weighted by molar-refractivity contribution is 9.10. The van der Waals surface area contributed by atoms with Gasteiger partial charge >= 0.3 is 0 Å². The van der Waals surface area contributed by atoms with Crippen LogP contribution in [0.4, 0.5) is 0 Å². The monoisotopic (exact) mass is 325 g/mol. The molecular formula is C16H24BrNO. The molecule has 2 rings (SSSR count). The Kier molecular flexibility index (Phi) is 5.28. The average molecular weight is 326 g/mol. The van der Waals surface area contributed by atoms with Gasteiger partial charge in [-0.3, -0.25) is 0 Å². The maximum absolute atomic E-state index is 5.85. The lowest BCUT2D eigenvalue weighted by atomic mass is 9.66. The van der Waals surface area contributed by atoms with Crippen molar-refractivity contribution in [2.75, 3.05) is 13.2 Å². The zero-order chi connectivity index (χ0) is 13.7. The summed E-state index contributed by atoms with van der Waals surface area (Å²) in [5, 5.41) is 3.58. The first-order chi connectivity index (χ1) is 9.10. The number of halogens is 1. The minimum atomic E-state index is 0.486. The number of nitrogens with one attached hydrogen (secondary N) is 1. The van der Waals surface area contributed by atoms with E-state index in [2.05, 4.69) is 35.1 Å². The maximum atomic E-state index is 5.85. The third-order valence-electron chi connectivity index (χ3n) is 4.01. The molecular weight excluding hydrogens is 302 g/mol. The van der Waals surface area contributed by atoms with Crippen molar-refractivity contribution < 1.29 is 4.74 Å². The normalized spacial score (nSPS) is 17.3. The molecule has 0 amide bonds. The zero-order valence-corrected chi connectivity index (χ0v) is 13.5. The van der Waals surface area contributed by atoms with Gasteiger partial charge in [-0.05, 0) is 48.9 Å². The van der Waals surface area contributed by atoms with Gasteiger partial charge in [0, 0.05) is 17.1 Å². The topological polar surface area (TPSA) is 21.3 Å². The quantitative estimate of drug-likeness (QED) is 0.802. The molecule has 1 aliphatic carbocycles. The molecule has 1 aliphatic rings. The lowest BCUT2D eigenvalue weighted by molar-refractivity contribution is 0.0896. The average Bonchev–Trinajstić information content (AvgIpc) is 2.33. The van der Waals surface area contributed by atoms with Gasteiger partial charge in [-0.2, -0.15) is 0 Å². The molecule has 1 saturated carbocycles. The first-order valence-corrected chi connectivity index (χ1v) is 8.01. The standard InChI is InChI=1S/C16H24BrNO/c1-13(2)18-12-16(8-3-9-16)10-11-19-15-6-4-14(17)5-7-15/h4-7,13,18H,3,8-12H2,1-2H3. The first kappa shape index (κ1) is 14.9. The minimum Gasteiger partial charge on any atom is -0.494 e. The molecule has 3 heteroatoms. The largest absolute Gasteiger partial charge is 0.494 e. The van der Waals surface area contributed by atoms with Gasteiger partial charge in [-0.25, -0.2) is 0 Å². The molecule has 1 fully saturated rings. The van der Waals surface area contributed by atoms with E-state index in [1.54, 1.807) is 0 Å². The van der Waals surface area contributed by atoms with Crippen LogP contribution in [0.25, 0.3) is 0 Å². The van der Waals surface area contributed by atoms with Gasteiger partial charge in [0.25, 0.3) is 0 Å². The SMILES string of the molecule is CC(C)NCC1(CCOc2ccc(Br)cc2)CCC1. The molecule has 0 spiro atoms. The van der Waals surface area contributed by atoms with Gasteiger partial charge in [0.1, 0.15) is 5.75 Å². The molecule has 1 aromatic carbocycles. The van der Waals surface area contributed by atoms with Crippen molar-refractivity contribution in [1.29, 1.82) is 0 Å². The predicted octanol–water partition coefficient (Wildman–Crippen LogP) is 4.39. The molecule has 1 N–H and O–H groups in total. The lowest BCUT2D eigenvalue weighted by Crippen LogP contribution is -2.43. The van der Waals surface area contributed by atoms with Crippen molar-refractivity contribution >= 4 is 15.9 Å². The van der Waals surface area contributed by atoms with E-state index in [1.807, 2.05) is 24.3 Å². The highest BCUT2D eigenvalue weighted by Crippen LogP contribution is 2.43. The summed E-state index contributed by atoms with van der Waals surface area (Å²) in [6, 6.07) is 8.65. The fourth-order valence-corrected chi connectivity index (χ4v) is 2.79. The van der Waals surface area contributed by atoms with Crippen molar-refractivity contribution in [2.45, 2.75) is 45.6 Å². The summed E-state index contributed by atoms with van der Waals surface area (Å²) in [6.07, 6.45) is 5.22. The first-order valence-electron chi connectivity index (χ1n) is 7.21. The Morgan fingerprint density at radius 3 is 2.47 bits per heavy atom. The number of hydrogen-bond donors (Lipinski definition) is 1. The molecule has 0 saturated heterocycles. The Hall–Kier alpha value is -0.540. The van der Waals surface area contributed by atoms with E-state index < -0.39 is 0 Å². The molecule has 0 aromatic heterocycles. The summed E-state index contributed by atoms with van der Waals surface area (Å²) in [6.45, 7) is 6.38. The summed E-state index contributed by atoms with van der Waals surface area (Å²) >= 11 is 3.44. The van der Waals surface area contributed by atoms with Crippen LogP contribution in [0.15, 0.2) is 28.7 Å². The fourth-order valence-electron chi connectivity index (χ4n) is 2.53. The van der Waals surface area contributed by atoms with Crippen molar-refractivity contribution in [3.63, 3.8) is 0 Å². The van der Waals surface area contributed by atoms with E-state index >= 15 is 0 Å². The van der Waals surface area contributed by atoms with Crippen LogP contribution in [0.3, 0.4) is 0 Å². The summed E-state index contributed by atoms with van der Waals surface area (Å²) in [7, 11) is 0. The van der Waals surface area contributed by atoms with Crippen LogP contribution in [-0.2, 0) is 0 Å². The molecule has 2 nitrogen and oxygen atoms in total. The second-order valence-electron chi connectivity index (χ2n) is 5.94. The van der Waals surface area contributed by atoms with Crippen LogP contribution in [0.1, 0.15) is 39.5 Å². The van der Waals surface area contributed by atoms with E-state index in [4.69, 9.17) is 4.74 Å². The van der Waals surface area contributed by atoms with E-state index in [0.717, 1.165) is 29.8 Å². The number of hydrogen-bond acceptors (Lipinski definition) is 2. The van der Waals surface area contributed by atoms with Crippen LogP contribution < -0.4 is 10.1 Å². The van der Waals surface area contributed by atoms with E-state index in [9.17, 15) is 0 Å². The summed E-state index contributed by atoms with van der Waals surface area (Å²) in [4.78, 5) is 0. The second kappa shape index (κ2) is 6.76. The minimum absolute atomic E-state index is 0.486. The molecule has 0 bridgehead atoms. The molecule has 0 radical (unpaired) electrons. The van der Waals surface area contributed by atoms with Crippen molar-refractivity contribution in [3.05, 3.63) is 28.7 Å². The molecule has 1 aromatic rings. The lowest BCUT2D eigenvalue weighted by Gasteiger charge is -2.42. The summed E-state index contributed by atoms with van der Waals surface area (Å²) in [5.41, 5.74) is 0.486. The Labute approximate surface area is 125 Å². The van der Waals surface area contributed by atoms with Gasteiger partial charge in [0.2, 0.25) is 0 Å². The highest BCUT2D eigenvalue weighted by Gasteiger charge is 2.36. The Morgan fingerprint density at radius 2 is 1.95 bits per heavy atom. The maximum Gasteiger partial charge on any atom is 0.119 e. The van der Waals surface area contributed by atoms with Crippen LogP contribution in [-0.4, -0.2) is 19.2 Å². The molecule has 0 atom stereocenters. The van der Waals surface area contributed by atoms with Crippen molar-refractivity contribution in [1.82, 2.24) is 5.32 Å². The predicted molar refractivity (Wildman–Crippen MR) is 83.7 cm³/mol. The van der Waals surface area contributed by atoms with E-state index in [-0.39, 0.29) is 0 Å². The summed E-state index contributed by atoms with van der Waals surface area (Å²) < 4.78 is 6.94. The number of rotatable bonds is 7. The van der Waals surface area contributed by atoms with Crippen LogP contribution in [0.5, 0.6) is 5.75 Å². The van der Waals surface area contributed by atoms with Gasteiger partial charge < -0.3 is 10.1 Å². The van der Waals surface area contributed by atoms with Crippen LogP contribution in [0.2, 0.25) is 0 Å². The highest BCUT2D eigenvalue weighted by atomic mass is 79.9. The van der Waals surface area contributed by atoms with Crippen molar-refractivity contribution in [3.8, 4) is 5.75 Å². The van der Waals surface area contributed by atoms with E-state index in [1.165, 1.54) is 19.3 Å². The molecule has 0 unspecified atom stereocenters. The number of ether oxygens (including phenoxy) is 1.